The van der Waals surface area contributed by atoms with Crippen molar-refractivity contribution >= 4 is 10.9 Å². The Bertz CT molecular complexity index is 612. The van der Waals surface area contributed by atoms with E-state index < -0.39 is 0 Å². The molecule has 1 saturated carbocycles. The van der Waals surface area contributed by atoms with Gasteiger partial charge in [0.25, 0.3) is 0 Å². The molecule has 106 valence electrons. The van der Waals surface area contributed by atoms with Crippen LogP contribution in [0.5, 0.6) is 0 Å². The van der Waals surface area contributed by atoms with Crippen molar-refractivity contribution in [2.75, 3.05) is 7.05 Å². The summed E-state index contributed by atoms with van der Waals surface area (Å²) in [5.41, 5.74) is 3.97. The van der Waals surface area contributed by atoms with Gasteiger partial charge < -0.3 is 5.32 Å². The molecule has 0 radical (unpaired) electrons. The molecule has 1 fully saturated rings. The number of hydrogen-bond donors (Lipinski definition) is 1. The second-order valence-electron chi connectivity index (χ2n) is 6.49. The summed E-state index contributed by atoms with van der Waals surface area (Å²) in [6.07, 6.45) is 5.37. The second-order valence-corrected chi connectivity index (χ2v) is 6.49. The molecule has 1 N–H and O–H groups in total. The normalized spacial score (nSPS) is 19.4. The molecule has 1 aromatic heterocycles. The van der Waals surface area contributed by atoms with Gasteiger partial charge in [0.15, 0.2) is 0 Å². The third kappa shape index (κ3) is 2.33. The molecule has 1 unspecified atom stereocenters. The van der Waals surface area contributed by atoms with Gasteiger partial charge in [-0.25, -0.2) is 0 Å². The Morgan fingerprint density at radius 2 is 1.90 bits per heavy atom. The minimum Gasteiger partial charge on any atom is -0.313 e. The summed E-state index contributed by atoms with van der Waals surface area (Å²) in [5, 5.41) is 4.80. The first kappa shape index (κ1) is 13.6. The molecule has 1 aliphatic rings. The predicted octanol–water partition coefficient (Wildman–Crippen LogP) is 4.38. The van der Waals surface area contributed by atoms with Crippen LogP contribution in [0.25, 0.3) is 10.9 Å². The van der Waals surface area contributed by atoms with E-state index in [-0.39, 0.29) is 0 Å². The number of rotatable bonds is 3. The first-order valence-corrected chi connectivity index (χ1v) is 7.67. The standard InChI is InChI=1S/C18H24N2/c1-13-6-7-14-12-15(8-9-16(14)20-13)17(19-3)18(2)10-4-5-11-18/h6-9,12,17,19H,4-5,10-11H2,1-3H3. The maximum Gasteiger partial charge on any atom is 0.0705 e. The third-order valence-electron chi connectivity index (χ3n) is 4.92. The fourth-order valence-corrected chi connectivity index (χ4v) is 3.81. The first-order chi connectivity index (χ1) is 9.62. The van der Waals surface area contributed by atoms with Crippen molar-refractivity contribution in [3.05, 3.63) is 41.6 Å². The molecule has 1 atom stereocenters. The molecule has 0 amide bonds. The van der Waals surface area contributed by atoms with Crippen molar-refractivity contribution < 1.29 is 0 Å². The topological polar surface area (TPSA) is 24.9 Å². The predicted molar refractivity (Wildman–Crippen MR) is 84.9 cm³/mol. The van der Waals surface area contributed by atoms with E-state index in [0.717, 1.165) is 11.2 Å². The number of aromatic nitrogens is 1. The van der Waals surface area contributed by atoms with Gasteiger partial charge >= 0.3 is 0 Å². The first-order valence-electron chi connectivity index (χ1n) is 7.67. The number of nitrogens with one attached hydrogen (secondary N) is 1. The summed E-state index contributed by atoms with van der Waals surface area (Å²) in [6, 6.07) is 11.4. The van der Waals surface area contributed by atoms with Crippen LogP contribution >= 0.6 is 0 Å². The molecule has 20 heavy (non-hydrogen) atoms. The van der Waals surface area contributed by atoms with Gasteiger partial charge in [-0.1, -0.05) is 31.9 Å². The quantitative estimate of drug-likeness (QED) is 0.893. The van der Waals surface area contributed by atoms with E-state index in [1.54, 1.807) is 0 Å². The van der Waals surface area contributed by atoms with Gasteiger partial charge in [-0.2, -0.15) is 0 Å². The molecule has 0 spiro atoms. The molecule has 2 aromatic rings. The van der Waals surface area contributed by atoms with Crippen molar-refractivity contribution in [1.82, 2.24) is 10.3 Å². The zero-order valence-electron chi connectivity index (χ0n) is 12.7. The van der Waals surface area contributed by atoms with Crippen LogP contribution in [0.15, 0.2) is 30.3 Å². The SMILES string of the molecule is CNC(c1ccc2nc(C)ccc2c1)C1(C)CCCC1. The number of pyridine rings is 1. The molecule has 1 heterocycles. The minimum atomic E-state index is 0.389. The monoisotopic (exact) mass is 268 g/mol. The van der Waals surface area contributed by atoms with Gasteiger partial charge in [0.1, 0.15) is 0 Å². The van der Waals surface area contributed by atoms with E-state index in [1.165, 1.54) is 36.6 Å². The molecule has 2 heteroatoms. The van der Waals surface area contributed by atoms with Crippen LogP contribution in [0.2, 0.25) is 0 Å². The highest BCUT2D eigenvalue weighted by molar-refractivity contribution is 5.79. The van der Waals surface area contributed by atoms with Crippen molar-refractivity contribution in [2.24, 2.45) is 5.41 Å². The molecule has 2 nitrogen and oxygen atoms in total. The van der Waals surface area contributed by atoms with E-state index in [1.807, 2.05) is 6.92 Å². The lowest BCUT2D eigenvalue weighted by Crippen LogP contribution is -2.32. The Labute approximate surface area is 121 Å². The summed E-state index contributed by atoms with van der Waals surface area (Å²) in [4.78, 5) is 4.60. The van der Waals surface area contributed by atoms with Crippen LogP contribution in [-0.2, 0) is 0 Å². The minimum absolute atomic E-state index is 0.389. The van der Waals surface area contributed by atoms with Crippen molar-refractivity contribution in [1.29, 1.82) is 0 Å². The fourth-order valence-electron chi connectivity index (χ4n) is 3.81. The van der Waals surface area contributed by atoms with E-state index in [0.29, 0.717) is 11.5 Å². The molecular formula is C18H24N2. The highest BCUT2D eigenvalue weighted by atomic mass is 14.9. The lowest BCUT2D eigenvalue weighted by Gasteiger charge is -2.34. The van der Waals surface area contributed by atoms with Gasteiger partial charge in [-0.3, -0.25) is 4.98 Å². The van der Waals surface area contributed by atoms with Crippen LogP contribution in [-0.4, -0.2) is 12.0 Å². The van der Waals surface area contributed by atoms with Crippen LogP contribution in [0.1, 0.15) is 49.9 Å². The molecule has 1 aromatic carbocycles. The molecule has 1 aliphatic carbocycles. The van der Waals surface area contributed by atoms with E-state index >= 15 is 0 Å². The Hall–Kier alpha value is -1.41. The van der Waals surface area contributed by atoms with Crippen LogP contribution in [0, 0.1) is 12.3 Å². The number of benzene rings is 1. The lowest BCUT2D eigenvalue weighted by molar-refractivity contribution is 0.234. The average molecular weight is 268 g/mol. The molecular weight excluding hydrogens is 244 g/mol. The smallest absolute Gasteiger partial charge is 0.0705 e. The zero-order valence-corrected chi connectivity index (χ0v) is 12.7. The lowest BCUT2D eigenvalue weighted by atomic mass is 9.77. The Morgan fingerprint density at radius 3 is 2.60 bits per heavy atom. The highest BCUT2D eigenvalue weighted by Gasteiger charge is 2.36. The molecule has 0 aliphatic heterocycles. The van der Waals surface area contributed by atoms with Crippen LogP contribution in [0.4, 0.5) is 0 Å². The van der Waals surface area contributed by atoms with Gasteiger partial charge in [-0.05, 0) is 56.0 Å². The number of nitrogens with zero attached hydrogens (tertiary/aromatic N) is 1. The third-order valence-corrected chi connectivity index (χ3v) is 4.92. The average Bonchev–Trinajstić information content (AvgIpc) is 2.87. The number of hydrogen-bond acceptors (Lipinski definition) is 2. The Balaban J connectivity index is 2.01. The summed E-state index contributed by atoms with van der Waals surface area (Å²) in [5.74, 6) is 0. The largest absolute Gasteiger partial charge is 0.313 e. The maximum atomic E-state index is 4.60. The molecule has 0 bridgehead atoms. The molecule has 3 rings (SSSR count). The summed E-state index contributed by atoms with van der Waals surface area (Å²) < 4.78 is 0. The van der Waals surface area contributed by atoms with Crippen molar-refractivity contribution in [3.8, 4) is 0 Å². The summed E-state index contributed by atoms with van der Waals surface area (Å²) in [7, 11) is 2.09. The Kier molecular flexibility index (Phi) is 3.51. The van der Waals surface area contributed by atoms with Gasteiger partial charge in [-0.15, -0.1) is 0 Å². The number of aryl methyl sites for hydroxylation is 1. The van der Waals surface area contributed by atoms with E-state index in [4.69, 9.17) is 0 Å². The van der Waals surface area contributed by atoms with Gasteiger partial charge in [0.05, 0.1) is 5.52 Å². The summed E-state index contributed by atoms with van der Waals surface area (Å²) >= 11 is 0. The zero-order chi connectivity index (χ0) is 14.2. The number of fused-ring (bicyclic) bond motifs is 1. The van der Waals surface area contributed by atoms with Crippen LogP contribution in [0.3, 0.4) is 0 Å². The van der Waals surface area contributed by atoms with E-state index in [9.17, 15) is 0 Å². The van der Waals surface area contributed by atoms with Gasteiger partial charge in [0.2, 0.25) is 0 Å². The molecule has 0 saturated heterocycles. The van der Waals surface area contributed by atoms with Crippen LogP contribution < -0.4 is 5.32 Å². The highest BCUT2D eigenvalue weighted by Crippen LogP contribution is 2.47. The van der Waals surface area contributed by atoms with Crippen molar-refractivity contribution in [2.45, 2.75) is 45.6 Å². The van der Waals surface area contributed by atoms with Crippen molar-refractivity contribution in [3.63, 3.8) is 0 Å². The second kappa shape index (κ2) is 5.17. The Morgan fingerprint density at radius 1 is 1.15 bits per heavy atom. The van der Waals surface area contributed by atoms with E-state index in [2.05, 4.69) is 54.6 Å². The fraction of sp³-hybridized carbons (Fsp3) is 0.500. The summed E-state index contributed by atoms with van der Waals surface area (Å²) in [6.45, 7) is 4.47. The van der Waals surface area contributed by atoms with Gasteiger partial charge in [0, 0.05) is 17.1 Å². The maximum absolute atomic E-state index is 4.60.